The molecule has 0 saturated heterocycles. The first-order chi connectivity index (χ1) is 27.4. The molecule has 0 spiro atoms. The second-order valence-corrected chi connectivity index (χ2v) is 15.1. The number of aromatic nitrogens is 10. The summed E-state index contributed by atoms with van der Waals surface area (Å²) in [7, 11) is 3.43. The van der Waals surface area contributed by atoms with Crippen molar-refractivity contribution in [2.45, 2.75) is 45.8 Å². The minimum atomic E-state index is -1.09. The third-order valence-electron chi connectivity index (χ3n) is 8.87. The van der Waals surface area contributed by atoms with E-state index in [1.807, 2.05) is 0 Å². The molecule has 5 N–H and O–H groups in total. The molecule has 0 aliphatic carbocycles. The Labute approximate surface area is 327 Å². The van der Waals surface area contributed by atoms with Gasteiger partial charge in [-0.3, -0.25) is 14.2 Å². The second kappa shape index (κ2) is 14.6. The number of hydrogen-bond donors (Lipinski definition) is 5. The van der Waals surface area contributed by atoms with Crippen LogP contribution in [0, 0.1) is 11.6 Å². The third-order valence-corrected chi connectivity index (χ3v) is 8.87. The molecule has 0 atom stereocenters. The van der Waals surface area contributed by atoms with Gasteiger partial charge in [0.1, 0.15) is 56.6 Å². The highest BCUT2D eigenvalue weighted by Crippen LogP contribution is 2.30. The van der Waals surface area contributed by atoms with Gasteiger partial charge >= 0.3 is 12.1 Å². The van der Waals surface area contributed by atoms with Crippen molar-refractivity contribution < 1.29 is 33.0 Å². The minimum absolute atomic E-state index is 0.0423. The van der Waals surface area contributed by atoms with Crippen molar-refractivity contribution in [1.82, 2.24) is 60.1 Å². The van der Waals surface area contributed by atoms with Crippen LogP contribution in [0.5, 0.6) is 0 Å². The Kier molecular flexibility index (Phi) is 9.83. The van der Waals surface area contributed by atoms with Gasteiger partial charge in [-0.15, -0.1) is 0 Å². The minimum Gasteiger partial charge on any atom is -0.478 e. The third kappa shape index (κ3) is 7.86. The van der Waals surface area contributed by atoms with Gasteiger partial charge in [-0.1, -0.05) is 0 Å². The Morgan fingerprint density at radius 1 is 0.776 bits per heavy atom. The number of benzene rings is 2. The highest BCUT2D eigenvalue weighted by atomic mass is 19.1. The van der Waals surface area contributed by atoms with Crippen molar-refractivity contribution in [1.29, 1.82) is 0 Å². The Bertz CT molecular complexity index is 2900. The van der Waals surface area contributed by atoms with Crippen LogP contribution in [0.4, 0.5) is 13.6 Å². The number of nitrogens with zero attached hydrogens (tertiary/aromatic N) is 8. The van der Waals surface area contributed by atoms with E-state index in [9.17, 15) is 28.3 Å². The van der Waals surface area contributed by atoms with E-state index in [1.165, 1.54) is 42.9 Å². The number of halogens is 2. The fraction of sp³-hybridized carbons (Fsp3) is 0.256. The number of amides is 2. The Morgan fingerprint density at radius 3 is 1.74 bits per heavy atom. The lowest BCUT2D eigenvalue weighted by Crippen LogP contribution is -2.52. The van der Waals surface area contributed by atoms with E-state index in [4.69, 9.17) is 4.74 Å². The molecular weight excluding hydrogens is 755 g/mol. The lowest BCUT2D eigenvalue weighted by molar-refractivity contribution is 0.0509. The molecule has 0 aliphatic rings. The molecule has 0 fully saturated rings. The summed E-state index contributed by atoms with van der Waals surface area (Å²) in [5.74, 6) is -2.18. The van der Waals surface area contributed by atoms with Gasteiger partial charge in [0.05, 0.1) is 34.5 Å². The van der Waals surface area contributed by atoms with Gasteiger partial charge in [-0.2, -0.15) is 10.2 Å². The van der Waals surface area contributed by atoms with E-state index in [0.717, 1.165) is 10.8 Å². The van der Waals surface area contributed by atoms with E-state index in [-0.39, 0.29) is 35.2 Å². The topological polar surface area (TPSA) is 224 Å². The van der Waals surface area contributed by atoms with Crippen LogP contribution in [0.15, 0.2) is 61.2 Å². The molecule has 17 nitrogen and oxygen atoms in total. The van der Waals surface area contributed by atoms with Crippen molar-refractivity contribution >= 4 is 62.1 Å². The molecule has 8 aromatic rings. The van der Waals surface area contributed by atoms with Gasteiger partial charge in [-0.05, 0) is 71.0 Å². The van der Waals surface area contributed by atoms with E-state index in [0.29, 0.717) is 56.2 Å². The normalized spacial score (nSPS) is 11.9. The molecule has 0 unspecified atom stereocenters. The van der Waals surface area contributed by atoms with E-state index >= 15 is 0 Å². The van der Waals surface area contributed by atoms with Gasteiger partial charge in [-0.25, -0.2) is 38.3 Å². The maximum Gasteiger partial charge on any atom is 0.407 e. The fourth-order valence-corrected chi connectivity index (χ4v) is 6.21. The summed E-state index contributed by atoms with van der Waals surface area (Å²) < 4.78 is 35.5. The summed E-state index contributed by atoms with van der Waals surface area (Å²) in [6.07, 6.45) is 5.39. The average Bonchev–Trinajstić information content (AvgIpc) is 3.93. The fourth-order valence-electron chi connectivity index (χ4n) is 6.21. The Morgan fingerprint density at radius 2 is 1.26 bits per heavy atom. The SMILES string of the molecule is Cn1nc(-c2cnc3[nH]cc(C(=O)NC(C)(C)CNC(=O)OC(C)(C)C)c3n2)c2ccc(F)cc21.Cn1nc(-c2cnc3[nH]cc(C(=O)O)c3n2)c2ccc(F)cc21. The van der Waals surface area contributed by atoms with Crippen LogP contribution in [-0.2, 0) is 18.8 Å². The van der Waals surface area contributed by atoms with Gasteiger partial charge in [0.2, 0.25) is 0 Å². The van der Waals surface area contributed by atoms with Crippen LogP contribution >= 0.6 is 0 Å². The number of H-pyrrole nitrogens is 2. The number of carbonyl (C=O) groups excluding carboxylic acids is 2. The van der Waals surface area contributed by atoms with Crippen LogP contribution in [0.2, 0.25) is 0 Å². The van der Waals surface area contributed by atoms with Crippen LogP contribution in [0.1, 0.15) is 55.3 Å². The van der Waals surface area contributed by atoms with Crippen LogP contribution in [0.25, 0.3) is 66.9 Å². The Balaban J connectivity index is 0.000000192. The molecule has 6 aromatic heterocycles. The summed E-state index contributed by atoms with van der Waals surface area (Å²) in [6.45, 7) is 9.05. The van der Waals surface area contributed by atoms with Crippen LogP contribution in [0.3, 0.4) is 0 Å². The molecule has 19 heteroatoms. The molecule has 2 aromatic carbocycles. The zero-order chi connectivity index (χ0) is 41.7. The number of nitrogens with one attached hydrogen (secondary N) is 4. The number of fused-ring (bicyclic) bond motifs is 4. The molecule has 6 heterocycles. The summed E-state index contributed by atoms with van der Waals surface area (Å²) in [5.41, 5.74) is 3.58. The average molecular weight is 793 g/mol. The van der Waals surface area contributed by atoms with Gasteiger partial charge in [0.15, 0.2) is 11.3 Å². The lowest BCUT2D eigenvalue weighted by atomic mass is 10.1. The number of carboxylic acid groups (broad SMARTS) is 1. The first kappa shape index (κ1) is 38.9. The van der Waals surface area contributed by atoms with Crippen LogP contribution in [-0.4, -0.2) is 90.2 Å². The molecule has 8 rings (SSSR count). The number of aryl methyl sites for hydroxylation is 2. The predicted molar refractivity (Wildman–Crippen MR) is 210 cm³/mol. The number of rotatable bonds is 7. The highest BCUT2D eigenvalue weighted by molar-refractivity contribution is 6.05. The number of carbonyl (C=O) groups is 3. The molecule has 2 amide bonds. The van der Waals surface area contributed by atoms with Crippen molar-refractivity contribution in [2.75, 3.05) is 6.54 Å². The number of alkyl carbamates (subject to hydrolysis) is 1. The molecule has 0 saturated carbocycles. The summed E-state index contributed by atoms with van der Waals surface area (Å²) >= 11 is 0. The smallest absolute Gasteiger partial charge is 0.407 e. The maximum absolute atomic E-state index is 13.7. The number of aromatic carboxylic acids is 1. The molecule has 298 valence electrons. The molecular formula is C39H38F2N12O5. The summed E-state index contributed by atoms with van der Waals surface area (Å²) in [6, 6.07) is 8.76. The van der Waals surface area contributed by atoms with Crippen LogP contribution < -0.4 is 10.6 Å². The first-order valence-corrected chi connectivity index (χ1v) is 17.8. The van der Waals surface area contributed by atoms with Crippen molar-refractivity contribution in [2.24, 2.45) is 14.1 Å². The number of ether oxygens (including phenoxy) is 1. The molecule has 58 heavy (non-hydrogen) atoms. The van der Waals surface area contributed by atoms with E-state index < -0.39 is 23.2 Å². The quantitative estimate of drug-likeness (QED) is 0.125. The summed E-state index contributed by atoms with van der Waals surface area (Å²) in [5, 5.41) is 25.0. The molecule has 0 aliphatic heterocycles. The Hall–Kier alpha value is -7.31. The van der Waals surface area contributed by atoms with E-state index in [1.54, 1.807) is 76.4 Å². The molecule has 0 bridgehead atoms. The summed E-state index contributed by atoms with van der Waals surface area (Å²) in [4.78, 5) is 59.6. The predicted octanol–water partition coefficient (Wildman–Crippen LogP) is 6.03. The zero-order valence-corrected chi connectivity index (χ0v) is 32.4. The second-order valence-electron chi connectivity index (χ2n) is 15.1. The van der Waals surface area contributed by atoms with Gasteiger partial charge in [0.25, 0.3) is 5.91 Å². The van der Waals surface area contributed by atoms with Crippen molar-refractivity contribution in [3.8, 4) is 22.8 Å². The van der Waals surface area contributed by atoms with Gasteiger partial charge < -0.3 is 30.4 Å². The standard InChI is InChI=1S/C24H28FN7O3.C15H10FN5O2/c1-23(2,3)35-22(34)28-12-24(4,5)30-21(33)15-10-26-20-19(15)29-16(11-27-20)18-14-8-7-13(25)9-17(14)32(6)31-18;1-21-11-4-7(16)2-3-8(11)12(20-21)10-6-18-14-13(19-10)9(5-17-14)15(22)23/h7-11H,12H2,1-6H3,(H,26,27)(H,28,34)(H,30,33);2-6H,1H3,(H,17,18)(H,22,23). The lowest BCUT2D eigenvalue weighted by Gasteiger charge is -2.27. The number of aromatic amines is 2. The number of carboxylic acids is 1. The maximum atomic E-state index is 13.7. The monoisotopic (exact) mass is 792 g/mol. The highest BCUT2D eigenvalue weighted by Gasteiger charge is 2.26. The largest absolute Gasteiger partial charge is 0.478 e. The van der Waals surface area contributed by atoms with Crippen molar-refractivity contribution in [3.63, 3.8) is 0 Å². The zero-order valence-electron chi connectivity index (χ0n) is 32.4. The van der Waals surface area contributed by atoms with Gasteiger partial charge in [0, 0.05) is 43.8 Å². The number of hydrogen-bond acceptors (Lipinski definition) is 10. The molecule has 0 radical (unpaired) electrons. The van der Waals surface area contributed by atoms with Crippen molar-refractivity contribution in [3.05, 3.63) is 83.9 Å². The van der Waals surface area contributed by atoms with E-state index in [2.05, 4.69) is 50.7 Å². The first-order valence-electron chi connectivity index (χ1n) is 17.8.